The third-order valence-corrected chi connectivity index (χ3v) is 4.27. The third kappa shape index (κ3) is 4.51. The highest BCUT2D eigenvalue weighted by Gasteiger charge is 2.10. The van der Waals surface area contributed by atoms with Gasteiger partial charge in [-0.05, 0) is 35.9 Å². The van der Waals surface area contributed by atoms with Crippen molar-refractivity contribution in [3.05, 3.63) is 72.1 Å². The molecule has 25 heavy (non-hydrogen) atoms. The zero-order valence-electron chi connectivity index (χ0n) is 13.5. The van der Waals surface area contributed by atoms with Crippen LogP contribution in [0.2, 0.25) is 0 Å². The minimum absolute atomic E-state index is 0.101. The smallest absolute Gasteiger partial charge is 0.255 e. The molecule has 7 nitrogen and oxygen atoms in total. The molecule has 1 N–H and O–H groups in total. The average molecular weight is 356 g/mol. The second kappa shape index (κ2) is 6.86. The van der Waals surface area contributed by atoms with Gasteiger partial charge in [-0.2, -0.15) is 0 Å². The predicted octanol–water partition coefficient (Wildman–Crippen LogP) is 2.06. The van der Waals surface area contributed by atoms with Crippen molar-refractivity contribution in [3.63, 3.8) is 0 Å². The maximum Gasteiger partial charge on any atom is 0.255 e. The zero-order valence-corrected chi connectivity index (χ0v) is 14.3. The minimum atomic E-state index is -3.16. The average Bonchev–Trinajstić information content (AvgIpc) is 3.08. The van der Waals surface area contributed by atoms with E-state index in [1.807, 2.05) is 6.07 Å². The molecule has 3 aromatic rings. The maximum atomic E-state index is 12.4. The van der Waals surface area contributed by atoms with Crippen molar-refractivity contribution >= 4 is 21.4 Å². The van der Waals surface area contributed by atoms with Gasteiger partial charge in [0.05, 0.1) is 23.8 Å². The number of rotatable bonds is 5. The van der Waals surface area contributed by atoms with Crippen LogP contribution in [0.25, 0.3) is 5.69 Å². The second-order valence-corrected chi connectivity index (χ2v) is 7.76. The summed E-state index contributed by atoms with van der Waals surface area (Å²) in [4.78, 5) is 12.4. The van der Waals surface area contributed by atoms with Crippen LogP contribution in [0.5, 0.6) is 0 Å². The Morgan fingerprint density at radius 2 is 1.96 bits per heavy atom. The maximum absolute atomic E-state index is 12.4. The van der Waals surface area contributed by atoms with Crippen molar-refractivity contribution in [2.24, 2.45) is 0 Å². The first-order valence-corrected chi connectivity index (χ1v) is 9.51. The lowest BCUT2D eigenvalue weighted by atomic mass is 10.1. The van der Waals surface area contributed by atoms with Crippen molar-refractivity contribution in [1.29, 1.82) is 0 Å². The van der Waals surface area contributed by atoms with Crippen LogP contribution >= 0.6 is 0 Å². The SMILES string of the molecule is CS(=O)(=O)Cc1cccc(C(=O)Nc2cccc(-n3ccnn3)c2)c1. The first-order chi connectivity index (χ1) is 11.9. The van der Waals surface area contributed by atoms with E-state index in [2.05, 4.69) is 15.6 Å². The molecule has 0 bridgehead atoms. The number of nitrogens with zero attached hydrogens (tertiary/aromatic N) is 3. The minimum Gasteiger partial charge on any atom is -0.322 e. The molecule has 0 atom stereocenters. The van der Waals surface area contributed by atoms with E-state index >= 15 is 0 Å². The quantitative estimate of drug-likeness (QED) is 0.755. The van der Waals surface area contributed by atoms with Gasteiger partial charge in [-0.25, -0.2) is 13.1 Å². The molecule has 1 aromatic heterocycles. The van der Waals surface area contributed by atoms with E-state index < -0.39 is 9.84 Å². The van der Waals surface area contributed by atoms with Crippen molar-refractivity contribution in [3.8, 4) is 5.69 Å². The lowest BCUT2D eigenvalue weighted by Gasteiger charge is -2.08. The fourth-order valence-electron chi connectivity index (χ4n) is 2.38. The summed E-state index contributed by atoms with van der Waals surface area (Å²) in [6.45, 7) is 0. The van der Waals surface area contributed by atoms with E-state index in [1.165, 1.54) is 0 Å². The Labute approximate surface area is 145 Å². The number of hydrogen-bond donors (Lipinski definition) is 1. The molecular weight excluding hydrogens is 340 g/mol. The lowest BCUT2D eigenvalue weighted by molar-refractivity contribution is 0.102. The number of carbonyl (C=O) groups excluding carboxylic acids is 1. The van der Waals surface area contributed by atoms with E-state index in [-0.39, 0.29) is 11.7 Å². The number of hydrogen-bond acceptors (Lipinski definition) is 5. The topological polar surface area (TPSA) is 94.0 Å². The van der Waals surface area contributed by atoms with Crippen LogP contribution < -0.4 is 5.32 Å². The molecule has 1 heterocycles. The Kier molecular flexibility index (Phi) is 4.62. The van der Waals surface area contributed by atoms with Crippen LogP contribution in [0.3, 0.4) is 0 Å². The molecule has 0 aliphatic carbocycles. The Balaban J connectivity index is 1.79. The molecule has 0 radical (unpaired) electrons. The summed E-state index contributed by atoms with van der Waals surface area (Å²) in [6, 6.07) is 13.7. The molecular formula is C17H16N4O3S. The number of anilines is 1. The highest BCUT2D eigenvalue weighted by Crippen LogP contribution is 2.16. The van der Waals surface area contributed by atoms with E-state index in [0.717, 1.165) is 11.9 Å². The number of carbonyl (C=O) groups is 1. The third-order valence-electron chi connectivity index (χ3n) is 3.41. The highest BCUT2D eigenvalue weighted by molar-refractivity contribution is 7.89. The van der Waals surface area contributed by atoms with E-state index in [0.29, 0.717) is 16.8 Å². The zero-order chi connectivity index (χ0) is 17.9. The highest BCUT2D eigenvalue weighted by atomic mass is 32.2. The predicted molar refractivity (Wildman–Crippen MR) is 94.3 cm³/mol. The van der Waals surface area contributed by atoms with E-state index in [1.54, 1.807) is 59.5 Å². The number of benzene rings is 2. The van der Waals surface area contributed by atoms with E-state index in [4.69, 9.17) is 0 Å². The van der Waals surface area contributed by atoms with Gasteiger partial charge in [-0.3, -0.25) is 4.79 Å². The first kappa shape index (κ1) is 16.8. The largest absolute Gasteiger partial charge is 0.322 e. The van der Waals surface area contributed by atoms with Crippen LogP contribution in [0.1, 0.15) is 15.9 Å². The van der Waals surface area contributed by atoms with Crippen LogP contribution in [0.15, 0.2) is 60.9 Å². The van der Waals surface area contributed by atoms with Crippen LogP contribution in [-0.2, 0) is 15.6 Å². The summed E-state index contributed by atoms with van der Waals surface area (Å²) in [5.41, 5.74) is 2.34. The van der Waals surface area contributed by atoms with Gasteiger partial charge < -0.3 is 5.32 Å². The molecule has 0 saturated carbocycles. The van der Waals surface area contributed by atoms with Crippen molar-refractivity contribution < 1.29 is 13.2 Å². The summed E-state index contributed by atoms with van der Waals surface area (Å²) in [7, 11) is -3.16. The molecule has 0 spiro atoms. The van der Waals surface area contributed by atoms with Gasteiger partial charge in [-0.1, -0.05) is 23.4 Å². The number of nitrogens with one attached hydrogen (secondary N) is 1. The number of sulfone groups is 1. The Morgan fingerprint density at radius 3 is 2.68 bits per heavy atom. The molecule has 0 aliphatic rings. The fourth-order valence-corrected chi connectivity index (χ4v) is 3.17. The fraction of sp³-hybridized carbons (Fsp3) is 0.118. The Bertz CT molecular complexity index is 998. The van der Waals surface area contributed by atoms with E-state index in [9.17, 15) is 13.2 Å². The molecule has 0 unspecified atom stereocenters. The Hall–Kier alpha value is -3.00. The summed E-state index contributed by atoms with van der Waals surface area (Å²) in [5.74, 6) is -0.415. The first-order valence-electron chi connectivity index (χ1n) is 7.45. The standard InChI is InChI=1S/C17H16N4O3S/c1-25(23,24)12-13-4-2-5-14(10-13)17(22)19-15-6-3-7-16(11-15)21-9-8-18-20-21/h2-11H,12H2,1H3,(H,19,22). The van der Waals surface area contributed by atoms with Crippen LogP contribution in [0.4, 0.5) is 5.69 Å². The van der Waals surface area contributed by atoms with Gasteiger partial charge in [0.25, 0.3) is 5.91 Å². The lowest BCUT2D eigenvalue weighted by Crippen LogP contribution is -2.13. The molecule has 128 valence electrons. The van der Waals surface area contributed by atoms with Crippen molar-refractivity contribution in [2.75, 3.05) is 11.6 Å². The second-order valence-electron chi connectivity index (χ2n) is 5.62. The molecule has 0 saturated heterocycles. The molecule has 0 fully saturated rings. The number of aromatic nitrogens is 3. The number of amides is 1. The normalized spacial score (nSPS) is 11.2. The summed E-state index contributed by atoms with van der Waals surface area (Å²) in [5, 5.41) is 10.5. The van der Waals surface area contributed by atoms with Gasteiger partial charge >= 0.3 is 0 Å². The van der Waals surface area contributed by atoms with Gasteiger partial charge in [0.1, 0.15) is 0 Å². The van der Waals surface area contributed by atoms with Gasteiger partial charge in [0.15, 0.2) is 9.84 Å². The molecule has 2 aromatic carbocycles. The molecule has 1 amide bonds. The van der Waals surface area contributed by atoms with Crippen molar-refractivity contribution in [2.45, 2.75) is 5.75 Å². The summed E-state index contributed by atoms with van der Waals surface area (Å²) < 4.78 is 24.4. The van der Waals surface area contributed by atoms with Gasteiger partial charge in [0.2, 0.25) is 0 Å². The Morgan fingerprint density at radius 1 is 1.16 bits per heavy atom. The van der Waals surface area contributed by atoms with Gasteiger partial charge in [-0.15, -0.1) is 5.10 Å². The van der Waals surface area contributed by atoms with Crippen LogP contribution in [0, 0.1) is 0 Å². The molecule has 3 rings (SSSR count). The summed E-state index contributed by atoms with van der Waals surface area (Å²) in [6.07, 6.45) is 4.43. The monoisotopic (exact) mass is 356 g/mol. The molecule has 8 heteroatoms. The summed E-state index contributed by atoms with van der Waals surface area (Å²) >= 11 is 0. The van der Waals surface area contributed by atoms with Gasteiger partial charge in [0, 0.05) is 17.5 Å². The van der Waals surface area contributed by atoms with Crippen LogP contribution in [-0.4, -0.2) is 35.6 Å². The van der Waals surface area contributed by atoms with Crippen molar-refractivity contribution in [1.82, 2.24) is 15.0 Å². The molecule has 0 aliphatic heterocycles.